The first-order valence-electron chi connectivity index (χ1n) is 5.71. The van der Waals surface area contributed by atoms with Crippen LogP contribution in [-0.2, 0) is 0 Å². The number of carbonyl (C=O) groups is 1. The van der Waals surface area contributed by atoms with Crippen LogP contribution in [0, 0.1) is 6.92 Å². The lowest BCUT2D eigenvalue weighted by atomic mass is 10.1. The molecule has 0 saturated heterocycles. The second-order valence-electron chi connectivity index (χ2n) is 4.15. The van der Waals surface area contributed by atoms with Gasteiger partial charge in [-0.1, -0.05) is 0 Å². The van der Waals surface area contributed by atoms with Crippen LogP contribution >= 0.6 is 11.6 Å². The molecule has 0 N–H and O–H groups in total. The van der Waals surface area contributed by atoms with Crippen LogP contribution in [-0.4, -0.2) is 34.8 Å². The Morgan fingerprint density at radius 2 is 1.35 bits per heavy atom. The van der Waals surface area contributed by atoms with Gasteiger partial charge in [-0.25, -0.2) is 0 Å². The molecule has 8 heteroatoms. The minimum atomic E-state index is -0.534. The molecule has 2 heterocycles. The molecule has 3 rings (SSSR count). The average molecular weight is 289 g/mol. The SMILES string of the molecule is Cc1c(-n2cnnc2)cc(C(=O)Cl)cc1-n1cnnc1. The van der Waals surface area contributed by atoms with Crippen LogP contribution in [0.1, 0.15) is 15.9 Å². The Kier molecular flexibility index (Phi) is 3.03. The fourth-order valence-electron chi connectivity index (χ4n) is 1.98. The number of rotatable bonds is 3. The second kappa shape index (κ2) is 4.86. The van der Waals surface area contributed by atoms with Gasteiger partial charge in [0.25, 0.3) is 5.24 Å². The van der Waals surface area contributed by atoms with Gasteiger partial charge >= 0.3 is 0 Å². The van der Waals surface area contributed by atoms with Gasteiger partial charge in [0.05, 0.1) is 11.4 Å². The topological polar surface area (TPSA) is 78.5 Å². The van der Waals surface area contributed by atoms with Crippen molar-refractivity contribution in [3.63, 3.8) is 0 Å². The summed E-state index contributed by atoms with van der Waals surface area (Å²) in [6.07, 6.45) is 6.23. The number of carbonyl (C=O) groups excluding carboxylic acids is 1. The molecule has 0 unspecified atom stereocenters. The van der Waals surface area contributed by atoms with Crippen LogP contribution < -0.4 is 0 Å². The van der Waals surface area contributed by atoms with E-state index in [1.165, 1.54) is 0 Å². The highest BCUT2D eigenvalue weighted by Gasteiger charge is 2.13. The molecule has 0 spiro atoms. The smallest absolute Gasteiger partial charge is 0.252 e. The predicted octanol–water partition coefficient (Wildman–Crippen LogP) is 1.54. The highest BCUT2D eigenvalue weighted by molar-refractivity contribution is 6.67. The summed E-state index contributed by atoms with van der Waals surface area (Å²) in [5, 5.41) is 14.5. The molecule has 0 radical (unpaired) electrons. The summed E-state index contributed by atoms with van der Waals surface area (Å²) >= 11 is 5.60. The van der Waals surface area contributed by atoms with Crippen LogP contribution in [0.2, 0.25) is 0 Å². The lowest BCUT2D eigenvalue weighted by Gasteiger charge is -2.13. The molecule has 2 aromatic heterocycles. The maximum atomic E-state index is 11.5. The quantitative estimate of drug-likeness (QED) is 0.683. The molecule has 100 valence electrons. The molecule has 0 fully saturated rings. The molecule has 0 bridgehead atoms. The Bertz CT molecular complexity index is 695. The van der Waals surface area contributed by atoms with Crippen molar-refractivity contribution < 1.29 is 4.79 Å². The van der Waals surface area contributed by atoms with Crippen LogP contribution in [0.4, 0.5) is 0 Å². The number of halogens is 1. The summed E-state index contributed by atoms with van der Waals surface area (Å²) in [7, 11) is 0. The molecular weight excluding hydrogens is 280 g/mol. The van der Waals surface area contributed by atoms with E-state index in [-0.39, 0.29) is 0 Å². The number of benzene rings is 1. The number of hydrogen-bond donors (Lipinski definition) is 0. The summed E-state index contributed by atoms with van der Waals surface area (Å²) < 4.78 is 3.43. The van der Waals surface area contributed by atoms with Crippen molar-refractivity contribution in [1.29, 1.82) is 0 Å². The van der Waals surface area contributed by atoms with Crippen LogP contribution in [0.3, 0.4) is 0 Å². The van der Waals surface area contributed by atoms with E-state index < -0.39 is 5.24 Å². The zero-order valence-electron chi connectivity index (χ0n) is 10.4. The van der Waals surface area contributed by atoms with Gasteiger partial charge < -0.3 is 0 Å². The van der Waals surface area contributed by atoms with Gasteiger partial charge in [0, 0.05) is 5.56 Å². The molecular formula is C12H9ClN6O. The molecule has 0 aliphatic carbocycles. The largest absolute Gasteiger partial charge is 0.288 e. The highest BCUT2D eigenvalue weighted by Crippen LogP contribution is 2.24. The van der Waals surface area contributed by atoms with Crippen molar-refractivity contribution in [3.05, 3.63) is 48.6 Å². The maximum Gasteiger partial charge on any atom is 0.252 e. The van der Waals surface area contributed by atoms with Gasteiger partial charge in [0.2, 0.25) is 0 Å². The highest BCUT2D eigenvalue weighted by atomic mass is 35.5. The summed E-state index contributed by atoms with van der Waals surface area (Å²) in [5.41, 5.74) is 2.84. The fraction of sp³-hybridized carbons (Fsp3) is 0.0833. The average Bonchev–Trinajstić information content (AvgIpc) is 3.12. The van der Waals surface area contributed by atoms with E-state index in [1.807, 2.05) is 6.92 Å². The monoisotopic (exact) mass is 288 g/mol. The minimum absolute atomic E-state index is 0.379. The summed E-state index contributed by atoms with van der Waals surface area (Å²) in [6.45, 7) is 1.92. The van der Waals surface area contributed by atoms with Crippen LogP contribution in [0.5, 0.6) is 0 Å². The molecule has 0 aliphatic rings. The van der Waals surface area contributed by atoms with Crippen molar-refractivity contribution >= 4 is 16.8 Å². The molecule has 0 amide bonds. The van der Waals surface area contributed by atoms with Gasteiger partial charge in [-0.15, -0.1) is 20.4 Å². The molecule has 0 aliphatic heterocycles. The van der Waals surface area contributed by atoms with E-state index in [9.17, 15) is 4.79 Å². The standard InChI is InChI=1S/C12H9ClN6O/c1-8-10(18-4-14-15-5-18)2-9(12(13)20)3-11(8)19-6-16-17-7-19/h2-7H,1H3. The molecule has 0 saturated carbocycles. The molecule has 7 nitrogen and oxygen atoms in total. The van der Waals surface area contributed by atoms with Crippen LogP contribution in [0.15, 0.2) is 37.4 Å². The lowest BCUT2D eigenvalue weighted by Crippen LogP contribution is -2.04. The van der Waals surface area contributed by atoms with E-state index in [2.05, 4.69) is 20.4 Å². The zero-order chi connectivity index (χ0) is 14.1. The van der Waals surface area contributed by atoms with Gasteiger partial charge in [0.1, 0.15) is 25.3 Å². The minimum Gasteiger partial charge on any atom is -0.288 e. The molecule has 3 aromatic rings. The number of nitrogens with zero attached hydrogens (tertiary/aromatic N) is 6. The normalized spacial score (nSPS) is 10.7. The first-order valence-corrected chi connectivity index (χ1v) is 6.09. The Morgan fingerprint density at radius 3 is 1.70 bits per heavy atom. The number of aromatic nitrogens is 6. The summed E-state index contributed by atoms with van der Waals surface area (Å²) in [4.78, 5) is 11.5. The zero-order valence-corrected chi connectivity index (χ0v) is 11.2. The third-order valence-corrected chi connectivity index (χ3v) is 3.19. The maximum absolute atomic E-state index is 11.5. The first-order chi connectivity index (χ1) is 9.66. The van der Waals surface area contributed by atoms with Crippen molar-refractivity contribution in [2.45, 2.75) is 6.92 Å². The summed E-state index contributed by atoms with van der Waals surface area (Å²) in [6, 6.07) is 3.39. The summed E-state index contributed by atoms with van der Waals surface area (Å²) in [5.74, 6) is 0. The second-order valence-corrected chi connectivity index (χ2v) is 4.49. The third kappa shape index (κ3) is 2.08. The van der Waals surface area contributed by atoms with E-state index in [0.717, 1.165) is 16.9 Å². The fourth-order valence-corrected chi connectivity index (χ4v) is 2.09. The van der Waals surface area contributed by atoms with Gasteiger partial charge in [-0.2, -0.15) is 0 Å². The number of hydrogen-bond acceptors (Lipinski definition) is 5. The van der Waals surface area contributed by atoms with Crippen molar-refractivity contribution in [3.8, 4) is 11.4 Å². The van der Waals surface area contributed by atoms with Crippen LogP contribution in [0.25, 0.3) is 11.4 Å². The van der Waals surface area contributed by atoms with Gasteiger partial charge in [-0.3, -0.25) is 13.9 Å². The van der Waals surface area contributed by atoms with E-state index in [1.54, 1.807) is 46.6 Å². The van der Waals surface area contributed by atoms with Crippen molar-refractivity contribution in [2.24, 2.45) is 0 Å². The Labute approximate surface area is 118 Å². The Hall–Kier alpha value is -2.54. The van der Waals surface area contributed by atoms with E-state index in [0.29, 0.717) is 5.56 Å². The van der Waals surface area contributed by atoms with Gasteiger partial charge in [0.15, 0.2) is 0 Å². The van der Waals surface area contributed by atoms with Crippen molar-refractivity contribution in [1.82, 2.24) is 29.5 Å². The molecule has 1 aromatic carbocycles. The predicted molar refractivity (Wildman–Crippen MR) is 71.2 cm³/mol. The molecule has 0 atom stereocenters. The van der Waals surface area contributed by atoms with E-state index >= 15 is 0 Å². The molecule has 20 heavy (non-hydrogen) atoms. The lowest BCUT2D eigenvalue weighted by molar-refractivity contribution is 0.108. The Balaban J connectivity index is 2.27. The van der Waals surface area contributed by atoms with Gasteiger partial charge in [-0.05, 0) is 36.2 Å². The third-order valence-electron chi connectivity index (χ3n) is 2.97. The van der Waals surface area contributed by atoms with Crippen molar-refractivity contribution in [2.75, 3.05) is 0 Å². The Morgan fingerprint density at radius 1 is 0.950 bits per heavy atom. The van der Waals surface area contributed by atoms with E-state index in [4.69, 9.17) is 11.6 Å². The first kappa shape index (κ1) is 12.5.